The number of para-hydroxylation sites is 2. The van der Waals surface area contributed by atoms with Crippen molar-refractivity contribution < 1.29 is 23.7 Å². The fourth-order valence-electron chi connectivity index (χ4n) is 2.64. The Morgan fingerprint density at radius 3 is 2.22 bits per heavy atom. The van der Waals surface area contributed by atoms with Crippen molar-refractivity contribution in [2.24, 2.45) is 0 Å². The second kappa shape index (κ2) is 10.3. The van der Waals surface area contributed by atoms with Crippen molar-refractivity contribution in [2.75, 3.05) is 27.9 Å². The van der Waals surface area contributed by atoms with Gasteiger partial charge < -0.3 is 24.3 Å². The van der Waals surface area contributed by atoms with Crippen LogP contribution in [0.2, 0.25) is 0 Å². The summed E-state index contributed by atoms with van der Waals surface area (Å²) in [5.74, 6) is 2.40. The number of methoxy groups -OCH3 is 3. The van der Waals surface area contributed by atoms with Crippen molar-refractivity contribution >= 4 is 5.91 Å². The van der Waals surface area contributed by atoms with Crippen molar-refractivity contribution in [3.8, 4) is 23.0 Å². The topological polar surface area (TPSA) is 66.0 Å². The number of amides is 1. The Balaban J connectivity index is 1.78. The van der Waals surface area contributed by atoms with E-state index in [1.807, 2.05) is 30.3 Å². The number of ether oxygens (including phenoxy) is 4. The molecule has 0 heterocycles. The van der Waals surface area contributed by atoms with E-state index in [4.69, 9.17) is 18.9 Å². The summed E-state index contributed by atoms with van der Waals surface area (Å²) in [6.45, 7) is 2.28. The van der Waals surface area contributed by atoms with Crippen LogP contribution in [0.15, 0.2) is 42.5 Å². The van der Waals surface area contributed by atoms with Crippen LogP contribution in [0.25, 0.3) is 0 Å². The summed E-state index contributed by atoms with van der Waals surface area (Å²) in [5.41, 5.74) is 1.13. The Morgan fingerprint density at radius 1 is 0.926 bits per heavy atom. The lowest BCUT2D eigenvalue weighted by Gasteiger charge is -2.16. The van der Waals surface area contributed by atoms with Crippen LogP contribution < -0.4 is 24.3 Å². The number of aryl methyl sites for hydroxylation is 1. The van der Waals surface area contributed by atoms with Gasteiger partial charge in [-0.05, 0) is 49.6 Å². The fraction of sp³-hybridized carbons (Fsp3) is 0.381. The summed E-state index contributed by atoms with van der Waals surface area (Å²) < 4.78 is 21.5. The third kappa shape index (κ3) is 5.81. The van der Waals surface area contributed by atoms with Crippen LogP contribution in [0.5, 0.6) is 23.0 Å². The first-order valence-electron chi connectivity index (χ1n) is 8.87. The third-order valence-electron chi connectivity index (χ3n) is 4.13. The van der Waals surface area contributed by atoms with Gasteiger partial charge in [-0.1, -0.05) is 18.2 Å². The molecule has 0 radical (unpaired) electrons. The third-order valence-corrected chi connectivity index (χ3v) is 4.13. The van der Waals surface area contributed by atoms with Crippen molar-refractivity contribution in [3.63, 3.8) is 0 Å². The Hall–Kier alpha value is -2.89. The first-order chi connectivity index (χ1) is 13.1. The van der Waals surface area contributed by atoms with Gasteiger partial charge in [0, 0.05) is 6.54 Å². The molecule has 6 nitrogen and oxygen atoms in total. The molecule has 0 aromatic heterocycles. The average Bonchev–Trinajstić information content (AvgIpc) is 2.71. The SMILES string of the molecule is COc1ccc(CCCNC(=O)C(C)Oc2ccccc2OC)cc1OC. The number of carbonyl (C=O) groups is 1. The molecule has 0 fully saturated rings. The van der Waals surface area contributed by atoms with Gasteiger partial charge in [0.15, 0.2) is 29.1 Å². The van der Waals surface area contributed by atoms with Crippen LogP contribution in [0.4, 0.5) is 0 Å². The second-order valence-electron chi connectivity index (χ2n) is 5.99. The molecule has 0 bridgehead atoms. The fourth-order valence-corrected chi connectivity index (χ4v) is 2.64. The van der Waals surface area contributed by atoms with E-state index in [1.165, 1.54) is 0 Å². The molecular formula is C21H27NO5. The molecule has 146 valence electrons. The molecule has 1 atom stereocenters. The molecule has 2 aromatic carbocycles. The molecule has 1 amide bonds. The van der Waals surface area contributed by atoms with Gasteiger partial charge in [0.1, 0.15) is 0 Å². The quantitative estimate of drug-likeness (QED) is 0.648. The van der Waals surface area contributed by atoms with E-state index < -0.39 is 6.10 Å². The van der Waals surface area contributed by atoms with Gasteiger partial charge in [-0.2, -0.15) is 0 Å². The molecule has 0 aliphatic rings. The van der Waals surface area contributed by atoms with Crippen molar-refractivity contribution in [3.05, 3.63) is 48.0 Å². The Bertz CT molecular complexity index is 747. The summed E-state index contributed by atoms with van der Waals surface area (Å²) >= 11 is 0. The highest BCUT2D eigenvalue weighted by Crippen LogP contribution is 2.28. The van der Waals surface area contributed by atoms with E-state index in [2.05, 4.69) is 5.32 Å². The molecule has 0 aliphatic heterocycles. The molecule has 2 rings (SSSR count). The lowest BCUT2D eigenvalue weighted by Crippen LogP contribution is -2.37. The summed E-state index contributed by atoms with van der Waals surface area (Å²) in [7, 11) is 4.80. The van der Waals surface area contributed by atoms with Gasteiger partial charge in [-0.3, -0.25) is 4.79 Å². The lowest BCUT2D eigenvalue weighted by atomic mass is 10.1. The maximum absolute atomic E-state index is 12.2. The normalized spacial score (nSPS) is 11.4. The number of benzene rings is 2. The zero-order valence-corrected chi connectivity index (χ0v) is 16.3. The minimum Gasteiger partial charge on any atom is -0.493 e. The monoisotopic (exact) mass is 373 g/mol. The maximum Gasteiger partial charge on any atom is 0.260 e. The molecule has 27 heavy (non-hydrogen) atoms. The van der Waals surface area contributed by atoms with E-state index >= 15 is 0 Å². The lowest BCUT2D eigenvalue weighted by molar-refractivity contribution is -0.127. The van der Waals surface area contributed by atoms with E-state index in [-0.39, 0.29) is 5.91 Å². The van der Waals surface area contributed by atoms with Crippen LogP contribution in [0.1, 0.15) is 18.9 Å². The van der Waals surface area contributed by atoms with Crippen LogP contribution in [0.3, 0.4) is 0 Å². The van der Waals surface area contributed by atoms with Gasteiger partial charge in [-0.25, -0.2) is 0 Å². The van der Waals surface area contributed by atoms with E-state index in [1.54, 1.807) is 40.4 Å². The maximum atomic E-state index is 12.2. The van der Waals surface area contributed by atoms with Crippen molar-refractivity contribution in [1.29, 1.82) is 0 Å². The zero-order valence-electron chi connectivity index (χ0n) is 16.3. The average molecular weight is 373 g/mol. The largest absolute Gasteiger partial charge is 0.493 e. The highest BCUT2D eigenvalue weighted by molar-refractivity contribution is 5.80. The zero-order chi connectivity index (χ0) is 19.6. The standard InChI is InChI=1S/C21H27NO5/c1-15(27-19-10-6-5-9-17(19)24-2)21(23)22-13-7-8-16-11-12-18(25-3)20(14-16)26-4/h5-6,9-12,14-15H,7-8,13H2,1-4H3,(H,22,23). The highest BCUT2D eigenvalue weighted by Gasteiger charge is 2.16. The minimum absolute atomic E-state index is 0.159. The smallest absolute Gasteiger partial charge is 0.260 e. The Morgan fingerprint density at radius 2 is 1.56 bits per heavy atom. The van der Waals surface area contributed by atoms with E-state index in [0.717, 1.165) is 18.4 Å². The molecule has 6 heteroatoms. The predicted molar refractivity (Wildman–Crippen MR) is 104 cm³/mol. The van der Waals surface area contributed by atoms with E-state index in [9.17, 15) is 4.79 Å². The summed E-state index contributed by atoms with van der Waals surface area (Å²) in [5, 5.41) is 2.90. The van der Waals surface area contributed by atoms with Gasteiger partial charge in [0.25, 0.3) is 5.91 Å². The molecule has 0 spiro atoms. The highest BCUT2D eigenvalue weighted by atomic mass is 16.5. The van der Waals surface area contributed by atoms with Gasteiger partial charge >= 0.3 is 0 Å². The second-order valence-corrected chi connectivity index (χ2v) is 5.99. The molecule has 2 aromatic rings. The molecule has 0 saturated heterocycles. The van der Waals surface area contributed by atoms with Crippen LogP contribution in [-0.4, -0.2) is 39.9 Å². The minimum atomic E-state index is -0.609. The first-order valence-corrected chi connectivity index (χ1v) is 8.87. The molecule has 1 N–H and O–H groups in total. The van der Waals surface area contributed by atoms with Crippen LogP contribution in [0, 0.1) is 0 Å². The Kier molecular flexibility index (Phi) is 7.79. The Labute approximate surface area is 160 Å². The van der Waals surface area contributed by atoms with Gasteiger partial charge in [-0.15, -0.1) is 0 Å². The molecule has 0 saturated carbocycles. The summed E-state index contributed by atoms with van der Waals surface area (Å²) in [4.78, 5) is 12.2. The van der Waals surface area contributed by atoms with Crippen molar-refractivity contribution in [1.82, 2.24) is 5.32 Å². The van der Waals surface area contributed by atoms with Gasteiger partial charge in [0.2, 0.25) is 0 Å². The number of carbonyl (C=O) groups excluding carboxylic acids is 1. The van der Waals surface area contributed by atoms with Crippen LogP contribution in [-0.2, 0) is 11.2 Å². The summed E-state index contributed by atoms with van der Waals surface area (Å²) in [6, 6.07) is 13.1. The summed E-state index contributed by atoms with van der Waals surface area (Å²) in [6.07, 6.45) is 1.02. The van der Waals surface area contributed by atoms with Gasteiger partial charge in [0.05, 0.1) is 21.3 Å². The molecular weight excluding hydrogens is 346 g/mol. The number of hydrogen-bond donors (Lipinski definition) is 1. The van der Waals surface area contributed by atoms with Crippen LogP contribution >= 0.6 is 0 Å². The number of nitrogens with one attached hydrogen (secondary N) is 1. The molecule has 0 aliphatic carbocycles. The molecule has 1 unspecified atom stereocenters. The van der Waals surface area contributed by atoms with Crippen molar-refractivity contribution in [2.45, 2.75) is 25.9 Å². The number of hydrogen-bond acceptors (Lipinski definition) is 5. The first kappa shape index (κ1) is 20.4. The number of rotatable bonds is 10. The van der Waals surface area contributed by atoms with E-state index in [0.29, 0.717) is 29.5 Å². The predicted octanol–water partition coefficient (Wildman–Crippen LogP) is 3.23.